The van der Waals surface area contributed by atoms with Gasteiger partial charge in [-0.25, -0.2) is 14.8 Å². The van der Waals surface area contributed by atoms with Crippen molar-refractivity contribution in [2.45, 2.75) is 20.0 Å². The van der Waals surface area contributed by atoms with E-state index in [0.29, 0.717) is 5.00 Å². The second-order valence-electron chi connectivity index (χ2n) is 6.49. The topological polar surface area (TPSA) is 120 Å². The summed E-state index contributed by atoms with van der Waals surface area (Å²) in [5.74, 6) is -1.49. The van der Waals surface area contributed by atoms with Gasteiger partial charge in [0.2, 0.25) is 5.95 Å². The molecule has 0 spiro atoms. The van der Waals surface area contributed by atoms with E-state index in [-0.39, 0.29) is 24.7 Å². The Balaban J connectivity index is 1.66. The van der Waals surface area contributed by atoms with Crippen molar-refractivity contribution in [3.63, 3.8) is 0 Å². The fraction of sp³-hybridized carbons (Fsp3) is 0.227. The normalized spacial score (nSPS) is 11.3. The number of aromatic nitrogens is 2. The number of carbonyl (C=O) groups excluding carboxylic acids is 3. The molecule has 9 nitrogen and oxygen atoms in total. The summed E-state index contributed by atoms with van der Waals surface area (Å²) in [5, 5.41) is 5.71. The second-order valence-corrected chi connectivity index (χ2v) is 7.54. The maximum atomic E-state index is 12.6. The van der Waals surface area contributed by atoms with Crippen LogP contribution in [-0.2, 0) is 19.1 Å². The third-order valence-electron chi connectivity index (χ3n) is 4.16. The zero-order valence-corrected chi connectivity index (χ0v) is 18.3. The van der Waals surface area contributed by atoms with Crippen molar-refractivity contribution in [3.05, 3.63) is 60.4 Å². The van der Waals surface area contributed by atoms with E-state index < -0.39 is 23.9 Å². The summed E-state index contributed by atoms with van der Waals surface area (Å²) in [6.07, 6.45) is 1.98. The lowest BCUT2D eigenvalue weighted by atomic mass is 10.1. The number of benzene rings is 1. The zero-order chi connectivity index (χ0) is 22.9. The number of carbonyl (C=O) groups is 3. The Kier molecular flexibility index (Phi) is 7.87. The van der Waals surface area contributed by atoms with Gasteiger partial charge >= 0.3 is 11.9 Å². The van der Waals surface area contributed by atoms with Crippen LogP contribution in [-0.4, -0.2) is 47.1 Å². The summed E-state index contributed by atoms with van der Waals surface area (Å²) in [4.78, 5) is 45.7. The Labute approximate surface area is 188 Å². The Hall–Kier alpha value is -3.79. The van der Waals surface area contributed by atoms with Crippen LogP contribution in [0.4, 0.5) is 10.9 Å². The second kappa shape index (κ2) is 11.0. The fourth-order valence-electron chi connectivity index (χ4n) is 2.64. The number of rotatable bonds is 9. The van der Waals surface area contributed by atoms with Crippen LogP contribution in [0.15, 0.2) is 54.9 Å². The van der Waals surface area contributed by atoms with E-state index in [1.807, 2.05) is 30.3 Å². The minimum Gasteiger partial charge on any atom is -0.462 e. The number of amides is 1. The first-order valence-electron chi connectivity index (χ1n) is 9.85. The molecule has 0 aliphatic rings. The molecule has 166 valence electrons. The molecule has 0 unspecified atom stereocenters. The zero-order valence-electron chi connectivity index (χ0n) is 17.5. The molecule has 0 radical (unpaired) electrons. The van der Waals surface area contributed by atoms with E-state index in [9.17, 15) is 14.4 Å². The summed E-state index contributed by atoms with van der Waals surface area (Å²) in [6, 6.07) is 12.8. The Morgan fingerprint density at radius 3 is 2.50 bits per heavy atom. The van der Waals surface area contributed by atoms with Gasteiger partial charge < -0.3 is 20.1 Å². The molecule has 0 saturated heterocycles. The van der Waals surface area contributed by atoms with Gasteiger partial charge in [0.1, 0.15) is 11.5 Å². The van der Waals surface area contributed by atoms with Crippen LogP contribution >= 0.6 is 11.3 Å². The minimum absolute atomic E-state index is 0.202. The van der Waals surface area contributed by atoms with E-state index in [1.54, 1.807) is 19.1 Å². The standard InChI is InChI=1S/C22H22N4O5S/c1-3-30-21(29)16-12-17(15-8-5-4-6-9-15)32-20(16)26-19(28)14(2)31-18(27)13-25-22-23-10-7-11-24-22/h4-12,14H,3,13H2,1-2H3,(H,26,28)(H,23,24,25)/t14-/m0/s1. The number of esters is 2. The SMILES string of the molecule is CCOC(=O)c1cc(-c2ccccc2)sc1NC(=O)[C@H](C)OC(=O)CNc1ncccn1. The van der Waals surface area contributed by atoms with Crippen LogP contribution in [0, 0.1) is 0 Å². The molecule has 2 heterocycles. The lowest BCUT2D eigenvalue weighted by Gasteiger charge is -2.13. The van der Waals surface area contributed by atoms with Gasteiger partial charge in [0.05, 0.1) is 12.2 Å². The summed E-state index contributed by atoms with van der Waals surface area (Å²) in [7, 11) is 0. The van der Waals surface area contributed by atoms with Gasteiger partial charge in [-0.05, 0) is 31.5 Å². The first-order valence-corrected chi connectivity index (χ1v) is 10.7. The number of ether oxygens (including phenoxy) is 2. The first-order chi connectivity index (χ1) is 15.5. The van der Waals surface area contributed by atoms with Gasteiger partial charge in [-0.15, -0.1) is 11.3 Å². The molecule has 32 heavy (non-hydrogen) atoms. The Morgan fingerprint density at radius 1 is 1.09 bits per heavy atom. The summed E-state index contributed by atoms with van der Waals surface area (Å²) in [6.45, 7) is 3.15. The number of hydrogen-bond donors (Lipinski definition) is 2. The van der Waals surface area contributed by atoms with Gasteiger partial charge in [-0.2, -0.15) is 0 Å². The highest BCUT2D eigenvalue weighted by molar-refractivity contribution is 7.20. The lowest BCUT2D eigenvalue weighted by molar-refractivity contribution is -0.151. The lowest BCUT2D eigenvalue weighted by Crippen LogP contribution is -2.32. The monoisotopic (exact) mass is 454 g/mol. The summed E-state index contributed by atoms with van der Waals surface area (Å²) >= 11 is 1.24. The first kappa shape index (κ1) is 22.9. The highest BCUT2D eigenvalue weighted by Gasteiger charge is 2.23. The van der Waals surface area contributed by atoms with Crippen molar-refractivity contribution in [2.24, 2.45) is 0 Å². The number of hydrogen-bond acceptors (Lipinski definition) is 9. The minimum atomic E-state index is -1.08. The molecular weight excluding hydrogens is 432 g/mol. The highest BCUT2D eigenvalue weighted by Crippen LogP contribution is 2.36. The van der Waals surface area contributed by atoms with Gasteiger partial charge in [0, 0.05) is 17.3 Å². The van der Waals surface area contributed by atoms with Gasteiger partial charge in [-0.3, -0.25) is 9.59 Å². The fourth-order valence-corrected chi connectivity index (χ4v) is 3.69. The van der Waals surface area contributed by atoms with Crippen molar-refractivity contribution in [1.29, 1.82) is 0 Å². The van der Waals surface area contributed by atoms with Crippen LogP contribution < -0.4 is 10.6 Å². The molecule has 1 aromatic carbocycles. The van der Waals surface area contributed by atoms with E-state index in [1.165, 1.54) is 30.7 Å². The van der Waals surface area contributed by atoms with Gasteiger partial charge in [0.25, 0.3) is 5.91 Å². The van der Waals surface area contributed by atoms with Crippen molar-refractivity contribution >= 4 is 40.1 Å². The van der Waals surface area contributed by atoms with Crippen molar-refractivity contribution in [3.8, 4) is 10.4 Å². The quantitative estimate of drug-likeness (QED) is 0.472. The Morgan fingerprint density at radius 2 is 1.81 bits per heavy atom. The van der Waals surface area contributed by atoms with Crippen LogP contribution in [0.5, 0.6) is 0 Å². The third kappa shape index (κ3) is 6.11. The van der Waals surface area contributed by atoms with Gasteiger partial charge in [-0.1, -0.05) is 30.3 Å². The Bertz CT molecular complexity index is 1070. The molecule has 0 aliphatic carbocycles. The predicted octanol–water partition coefficient (Wildman–Crippen LogP) is 3.36. The molecule has 10 heteroatoms. The van der Waals surface area contributed by atoms with E-state index in [2.05, 4.69) is 20.6 Å². The smallest absolute Gasteiger partial charge is 0.341 e. The molecule has 0 saturated carbocycles. The molecule has 0 aliphatic heterocycles. The van der Waals surface area contributed by atoms with Crippen molar-refractivity contribution in [2.75, 3.05) is 23.8 Å². The molecule has 0 bridgehead atoms. The number of nitrogens with one attached hydrogen (secondary N) is 2. The average molecular weight is 455 g/mol. The van der Waals surface area contributed by atoms with Crippen LogP contribution in [0.1, 0.15) is 24.2 Å². The number of nitrogens with zero attached hydrogens (tertiary/aromatic N) is 2. The molecule has 2 N–H and O–H groups in total. The molecule has 3 rings (SSSR count). The molecule has 0 fully saturated rings. The summed E-state index contributed by atoms with van der Waals surface area (Å²) in [5.41, 5.74) is 1.14. The molecule has 2 aromatic heterocycles. The van der Waals surface area contributed by atoms with Crippen molar-refractivity contribution < 1.29 is 23.9 Å². The van der Waals surface area contributed by atoms with Gasteiger partial charge in [0.15, 0.2) is 6.10 Å². The molecule has 3 aromatic rings. The largest absolute Gasteiger partial charge is 0.462 e. The van der Waals surface area contributed by atoms with E-state index in [4.69, 9.17) is 9.47 Å². The van der Waals surface area contributed by atoms with Crippen LogP contribution in [0.2, 0.25) is 0 Å². The highest BCUT2D eigenvalue weighted by atomic mass is 32.1. The molecular formula is C22H22N4O5S. The summed E-state index contributed by atoms with van der Waals surface area (Å²) < 4.78 is 10.3. The molecule has 1 amide bonds. The van der Waals surface area contributed by atoms with Crippen LogP contribution in [0.3, 0.4) is 0 Å². The van der Waals surface area contributed by atoms with E-state index in [0.717, 1.165) is 10.4 Å². The maximum Gasteiger partial charge on any atom is 0.341 e. The molecule has 1 atom stereocenters. The predicted molar refractivity (Wildman–Crippen MR) is 120 cm³/mol. The van der Waals surface area contributed by atoms with Crippen LogP contribution in [0.25, 0.3) is 10.4 Å². The average Bonchev–Trinajstić information content (AvgIpc) is 3.23. The third-order valence-corrected chi connectivity index (χ3v) is 5.26. The maximum absolute atomic E-state index is 12.6. The number of anilines is 2. The van der Waals surface area contributed by atoms with E-state index >= 15 is 0 Å². The van der Waals surface area contributed by atoms with Crippen molar-refractivity contribution in [1.82, 2.24) is 9.97 Å². The number of thiophene rings is 1.